The van der Waals surface area contributed by atoms with Crippen LogP contribution < -0.4 is 5.32 Å². The first-order valence-corrected chi connectivity index (χ1v) is 8.26. The maximum Gasteiger partial charge on any atom is 0.253 e. The first kappa shape index (κ1) is 15.5. The van der Waals surface area contributed by atoms with E-state index < -0.39 is 0 Å². The Morgan fingerprint density at radius 2 is 1.90 bits per heavy atom. The first-order valence-electron chi connectivity index (χ1n) is 5.97. The van der Waals surface area contributed by atoms with Gasteiger partial charge in [-0.3, -0.25) is 4.79 Å². The normalized spacial score (nSPS) is 10.3. The Hall–Kier alpha value is -0.840. The molecule has 2 aromatic rings. The van der Waals surface area contributed by atoms with Gasteiger partial charge in [0.15, 0.2) is 0 Å². The number of carbonyl (C=O) groups excluding carboxylic acids is 1. The van der Waals surface area contributed by atoms with Crippen molar-refractivity contribution < 1.29 is 4.79 Å². The lowest BCUT2D eigenvalue weighted by atomic mass is 10.1. The molecule has 0 saturated heterocycles. The van der Waals surface area contributed by atoms with Gasteiger partial charge in [0, 0.05) is 16.3 Å². The second kappa shape index (κ2) is 7.25. The zero-order valence-corrected chi connectivity index (χ0v) is 14.4. The maximum atomic E-state index is 12.1. The fourth-order valence-electron chi connectivity index (χ4n) is 1.77. The number of amides is 1. The average molecular weight is 418 g/mol. The molecule has 1 N–H and O–H groups in total. The highest BCUT2D eigenvalue weighted by molar-refractivity contribution is 9.10. The minimum atomic E-state index is -0.180. The number of halogens is 3. The van der Waals surface area contributed by atoms with Crippen molar-refractivity contribution in [3.05, 3.63) is 68.7 Å². The second-order valence-electron chi connectivity index (χ2n) is 4.26. The number of nitrogens with one attached hydrogen (secondary N) is 1. The molecule has 0 fully saturated rings. The molecule has 0 aliphatic heterocycles. The molecule has 0 atom stereocenters. The van der Waals surface area contributed by atoms with Gasteiger partial charge in [0.2, 0.25) is 0 Å². The largest absolute Gasteiger partial charge is 0.348 e. The number of benzene rings is 2. The fourth-order valence-corrected chi connectivity index (χ4v) is 2.69. The Bertz CT molecular complexity index is 631. The number of rotatable bonds is 4. The SMILES string of the molecule is O=C(NCc1cccc(CBr)c1)c1cc(Br)ccc1Cl. The van der Waals surface area contributed by atoms with Crippen LogP contribution in [0.1, 0.15) is 21.5 Å². The van der Waals surface area contributed by atoms with Crippen LogP contribution in [0, 0.1) is 0 Å². The lowest BCUT2D eigenvalue weighted by Gasteiger charge is -2.08. The van der Waals surface area contributed by atoms with Crippen molar-refractivity contribution in [1.82, 2.24) is 5.32 Å². The molecule has 0 unspecified atom stereocenters. The molecule has 2 aromatic carbocycles. The van der Waals surface area contributed by atoms with Crippen molar-refractivity contribution in [2.45, 2.75) is 11.9 Å². The van der Waals surface area contributed by atoms with Gasteiger partial charge in [0.05, 0.1) is 10.6 Å². The third kappa shape index (κ3) is 4.08. The Kier molecular flexibility index (Phi) is 5.64. The van der Waals surface area contributed by atoms with Crippen LogP contribution in [0.5, 0.6) is 0 Å². The molecule has 0 heterocycles. The van der Waals surface area contributed by atoms with E-state index >= 15 is 0 Å². The second-order valence-corrected chi connectivity index (χ2v) is 6.14. The van der Waals surface area contributed by atoms with Crippen molar-refractivity contribution in [3.8, 4) is 0 Å². The summed E-state index contributed by atoms with van der Waals surface area (Å²) in [6, 6.07) is 13.3. The van der Waals surface area contributed by atoms with Crippen molar-refractivity contribution in [1.29, 1.82) is 0 Å². The molecule has 0 spiro atoms. The maximum absolute atomic E-state index is 12.1. The predicted octanol–water partition coefficient (Wildman–Crippen LogP) is 4.93. The topological polar surface area (TPSA) is 29.1 Å². The molecule has 0 aliphatic carbocycles. The molecular weight excluding hydrogens is 405 g/mol. The number of alkyl halides is 1. The Labute approximate surface area is 139 Å². The molecule has 0 saturated carbocycles. The molecule has 0 aromatic heterocycles. The molecule has 1 amide bonds. The standard InChI is InChI=1S/C15H12Br2ClNO/c16-8-10-2-1-3-11(6-10)9-19-15(20)13-7-12(17)4-5-14(13)18/h1-7H,8-9H2,(H,19,20). The van der Waals surface area contributed by atoms with Gasteiger partial charge >= 0.3 is 0 Å². The lowest BCUT2D eigenvalue weighted by Crippen LogP contribution is -2.23. The van der Waals surface area contributed by atoms with Crippen LogP contribution in [0.2, 0.25) is 5.02 Å². The van der Waals surface area contributed by atoms with E-state index in [0.29, 0.717) is 17.1 Å². The monoisotopic (exact) mass is 415 g/mol. The van der Waals surface area contributed by atoms with Gasteiger partial charge in [0.25, 0.3) is 5.91 Å². The first-order chi connectivity index (χ1) is 9.60. The number of carbonyl (C=O) groups is 1. The van der Waals surface area contributed by atoms with Crippen LogP contribution >= 0.6 is 43.5 Å². The summed E-state index contributed by atoms with van der Waals surface area (Å²) in [7, 11) is 0. The highest BCUT2D eigenvalue weighted by atomic mass is 79.9. The zero-order chi connectivity index (χ0) is 14.5. The van der Waals surface area contributed by atoms with Crippen molar-refractivity contribution in [2.75, 3.05) is 0 Å². The molecule has 0 aliphatic rings. The fraction of sp³-hybridized carbons (Fsp3) is 0.133. The Morgan fingerprint density at radius 3 is 2.65 bits per heavy atom. The minimum absolute atomic E-state index is 0.180. The Morgan fingerprint density at radius 1 is 1.15 bits per heavy atom. The third-order valence-electron chi connectivity index (χ3n) is 2.77. The van der Waals surface area contributed by atoms with E-state index in [4.69, 9.17) is 11.6 Å². The van der Waals surface area contributed by atoms with Crippen LogP contribution in [0.4, 0.5) is 0 Å². The van der Waals surface area contributed by atoms with Crippen LogP contribution in [0.3, 0.4) is 0 Å². The van der Waals surface area contributed by atoms with Crippen LogP contribution in [0.15, 0.2) is 46.9 Å². The van der Waals surface area contributed by atoms with E-state index in [9.17, 15) is 4.79 Å². The van der Waals surface area contributed by atoms with E-state index in [1.807, 2.05) is 18.2 Å². The molecule has 104 valence electrons. The van der Waals surface area contributed by atoms with Gasteiger partial charge in [-0.25, -0.2) is 0 Å². The van der Waals surface area contributed by atoms with E-state index in [1.165, 1.54) is 5.56 Å². The van der Waals surface area contributed by atoms with E-state index in [2.05, 4.69) is 43.2 Å². The highest BCUT2D eigenvalue weighted by Crippen LogP contribution is 2.21. The number of hydrogen-bond donors (Lipinski definition) is 1. The van der Waals surface area contributed by atoms with Crippen molar-refractivity contribution >= 4 is 49.4 Å². The minimum Gasteiger partial charge on any atom is -0.348 e. The van der Waals surface area contributed by atoms with Gasteiger partial charge in [-0.2, -0.15) is 0 Å². The van der Waals surface area contributed by atoms with Gasteiger partial charge in [-0.05, 0) is 29.3 Å². The molecule has 0 radical (unpaired) electrons. The molecule has 2 nitrogen and oxygen atoms in total. The van der Waals surface area contributed by atoms with Gasteiger partial charge in [-0.15, -0.1) is 0 Å². The van der Waals surface area contributed by atoms with Crippen LogP contribution in [-0.4, -0.2) is 5.91 Å². The quantitative estimate of drug-likeness (QED) is 0.703. The van der Waals surface area contributed by atoms with Gasteiger partial charge in [-0.1, -0.05) is 67.7 Å². The number of hydrogen-bond acceptors (Lipinski definition) is 1. The predicted molar refractivity (Wildman–Crippen MR) is 89.4 cm³/mol. The van der Waals surface area contributed by atoms with Crippen molar-refractivity contribution in [2.24, 2.45) is 0 Å². The molecule has 20 heavy (non-hydrogen) atoms. The van der Waals surface area contributed by atoms with E-state index in [0.717, 1.165) is 15.4 Å². The van der Waals surface area contributed by atoms with E-state index in [-0.39, 0.29) is 5.91 Å². The zero-order valence-electron chi connectivity index (χ0n) is 10.5. The summed E-state index contributed by atoms with van der Waals surface area (Å²) in [6.07, 6.45) is 0. The summed E-state index contributed by atoms with van der Waals surface area (Å²) in [4.78, 5) is 12.1. The van der Waals surface area contributed by atoms with E-state index in [1.54, 1.807) is 18.2 Å². The summed E-state index contributed by atoms with van der Waals surface area (Å²) in [5.74, 6) is -0.180. The lowest BCUT2D eigenvalue weighted by molar-refractivity contribution is 0.0951. The molecule has 0 bridgehead atoms. The summed E-state index contributed by atoms with van der Waals surface area (Å²) >= 11 is 12.8. The summed E-state index contributed by atoms with van der Waals surface area (Å²) < 4.78 is 0.827. The van der Waals surface area contributed by atoms with Gasteiger partial charge in [0.1, 0.15) is 0 Å². The summed E-state index contributed by atoms with van der Waals surface area (Å²) in [5.41, 5.74) is 2.70. The third-order valence-corrected chi connectivity index (χ3v) is 4.24. The van der Waals surface area contributed by atoms with Crippen molar-refractivity contribution in [3.63, 3.8) is 0 Å². The van der Waals surface area contributed by atoms with Gasteiger partial charge < -0.3 is 5.32 Å². The smallest absolute Gasteiger partial charge is 0.253 e. The van der Waals surface area contributed by atoms with Crippen LogP contribution in [0.25, 0.3) is 0 Å². The highest BCUT2D eigenvalue weighted by Gasteiger charge is 2.10. The molecule has 5 heteroatoms. The van der Waals surface area contributed by atoms with Crippen LogP contribution in [-0.2, 0) is 11.9 Å². The molecule has 2 rings (SSSR count). The molecular formula is C15H12Br2ClNO. The average Bonchev–Trinajstić information content (AvgIpc) is 2.47. The summed E-state index contributed by atoms with van der Waals surface area (Å²) in [6.45, 7) is 0.475. The Balaban J connectivity index is 2.06. The summed E-state index contributed by atoms with van der Waals surface area (Å²) in [5, 5.41) is 4.12.